The van der Waals surface area contributed by atoms with E-state index in [1.807, 2.05) is 42.5 Å². The Kier molecular flexibility index (Phi) is 6.59. The zero-order valence-electron chi connectivity index (χ0n) is 21.4. The monoisotopic (exact) mass is 617 g/mol. The van der Waals surface area contributed by atoms with Crippen LogP contribution in [-0.2, 0) is 14.3 Å². The largest absolute Gasteiger partial charge is 0.463 e. The second kappa shape index (κ2) is 10.1. The van der Waals surface area contributed by atoms with E-state index in [0.29, 0.717) is 32.9 Å². The number of thiazole rings is 1. The summed E-state index contributed by atoms with van der Waals surface area (Å²) in [5.41, 5.74) is 2.76. The Morgan fingerprint density at radius 2 is 1.80 bits per heavy atom. The quantitative estimate of drug-likeness (QED) is 0.322. The summed E-state index contributed by atoms with van der Waals surface area (Å²) in [5, 5.41) is 0. The minimum absolute atomic E-state index is 0.113. The van der Waals surface area contributed by atoms with Crippen molar-refractivity contribution in [2.45, 2.75) is 13.0 Å². The number of hydrogen-bond acceptors (Lipinski definition) is 6. The van der Waals surface area contributed by atoms with Gasteiger partial charge in [-0.2, -0.15) is 0 Å². The van der Waals surface area contributed by atoms with Crippen LogP contribution in [0.3, 0.4) is 0 Å². The maximum Gasteiger partial charge on any atom is 0.338 e. The first-order valence-corrected chi connectivity index (χ1v) is 14.1. The van der Waals surface area contributed by atoms with Crippen LogP contribution in [0.4, 0.5) is 10.1 Å². The van der Waals surface area contributed by atoms with Gasteiger partial charge in [0.1, 0.15) is 10.3 Å². The highest BCUT2D eigenvalue weighted by atomic mass is 79.9. The van der Waals surface area contributed by atoms with Crippen LogP contribution < -0.4 is 19.8 Å². The first-order valence-electron chi connectivity index (χ1n) is 12.4. The maximum absolute atomic E-state index is 14.2. The second-order valence-corrected chi connectivity index (χ2v) is 11.1. The average Bonchev–Trinajstić information content (AvgIpc) is 3.40. The molecule has 3 aromatic carbocycles. The van der Waals surface area contributed by atoms with Gasteiger partial charge in [0.2, 0.25) is 0 Å². The molecule has 7 nitrogen and oxygen atoms in total. The van der Waals surface area contributed by atoms with Gasteiger partial charge in [-0.25, -0.2) is 14.2 Å². The highest BCUT2D eigenvalue weighted by molar-refractivity contribution is 9.10. The Hall–Kier alpha value is -4.15. The topological polar surface area (TPSA) is 81.0 Å². The molecule has 0 bridgehead atoms. The lowest BCUT2D eigenvalue weighted by Crippen LogP contribution is -2.40. The van der Waals surface area contributed by atoms with Crippen molar-refractivity contribution >= 4 is 56.1 Å². The van der Waals surface area contributed by atoms with Crippen molar-refractivity contribution in [3.63, 3.8) is 0 Å². The molecule has 1 aromatic heterocycles. The minimum atomic E-state index is -0.961. The number of amides is 1. The number of likely N-dealkylation sites (N-methyl/N-ethyl adjacent to an activating group) is 1. The zero-order valence-corrected chi connectivity index (χ0v) is 23.8. The Labute approximate surface area is 240 Å². The van der Waals surface area contributed by atoms with Crippen molar-refractivity contribution < 1.29 is 18.7 Å². The van der Waals surface area contributed by atoms with Gasteiger partial charge >= 0.3 is 5.97 Å². The molecule has 3 heterocycles. The van der Waals surface area contributed by atoms with Crippen LogP contribution >= 0.6 is 27.3 Å². The van der Waals surface area contributed by atoms with Gasteiger partial charge in [0.15, 0.2) is 4.80 Å². The average molecular weight is 618 g/mol. The molecule has 40 heavy (non-hydrogen) atoms. The van der Waals surface area contributed by atoms with Crippen molar-refractivity contribution in [2.75, 3.05) is 18.6 Å². The fraction of sp³-hybridized carbons (Fsp3) is 0.133. The number of benzene rings is 3. The fourth-order valence-corrected chi connectivity index (χ4v) is 6.52. The summed E-state index contributed by atoms with van der Waals surface area (Å²) in [7, 11) is 1.66. The number of nitrogens with zero attached hydrogens (tertiary/aromatic N) is 3. The third kappa shape index (κ3) is 4.15. The molecule has 10 heteroatoms. The van der Waals surface area contributed by atoms with Crippen molar-refractivity contribution in [2.24, 2.45) is 4.99 Å². The summed E-state index contributed by atoms with van der Waals surface area (Å²) < 4.78 is 21.8. The van der Waals surface area contributed by atoms with Gasteiger partial charge in [0, 0.05) is 22.6 Å². The van der Waals surface area contributed by atoms with E-state index in [9.17, 15) is 18.8 Å². The van der Waals surface area contributed by atoms with E-state index in [0.717, 1.165) is 15.8 Å². The molecule has 0 N–H and O–H groups in total. The third-order valence-electron chi connectivity index (χ3n) is 6.87. The number of carbonyl (C=O) groups excluding carboxylic acids is 2. The smallest absolute Gasteiger partial charge is 0.338 e. The molecule has 6 rings (SSSR count). The molecule has 1 amide bonds. The molecule has 2 aliphatic heterocycles. The molecule has 1 atom stereocenters. The van der Waals surface area contributed by atoms with Crippen LogP contribution in [0, 0.1) is 5.82 Å². The maximum atomic E-state index is 14.2. The van der Waals surface area contributed by atoms with E-state index in [4.69, 9.17) is 9.73 Å². The number of carbonyl (C=O) groups is 2. The molecule has 0 radical (unpaired) electrons. The molecule has 4 aromatic rings. The number of esters is 1. The predicted octanol–water partition coefficient (Wildman–Crippen LogP) is 4.18. The highest BCUT2D eigenvalue weighted by Crippen LogP contribution is 2.37. The van der Waals surface area contributed by atoms with Gasteiger partial charge < -0.3 is 9.64 Å². The molecule has 0 saturated heterocycles. The van der Waals surface area contributed by atoms with Gasteiger partial charge in [-0.3, -0.25) is 14.2 Å². The summed E-state index contributed by atoms with van der Waals surface area (Å²) in [4.78, 5) is 47.8. The molecule has 0 aliphatic carbocycles. The summed E-state index contributed by atoms with van der Waals surface area (Å²) in [5.74, 6) is -1.40. The third-order valence-corrected chi connectivity index (χ3v) is 8.42. The summed E-state index contributed by atoms with van der Waals surface area (Å²) in [6, 6.07) is 19.3. The van der Waals surface area contributed by atoms with Crippen molar-refractivity contribution in [3.05, 3.63) is 125 Å². The van der Waals surface area contributed by atoms with Crippen LogP contribution in [0.25, 0.3) is 11.3 Å². The van der Waals surface area contributed by atoms with Gasteiger partial charge in [0.05, 0.1) is 35.2 Å². The number of fused-ring (bicyclic) bond motifs is 2. The van der Waals surface area contributed by atoms with E-state index in [1.165, 1.54) is 33.7 Å². The van der Waals surface area contributed by atoms with Crippen LogP contribution in [0.15, 0.2) is 92.6 Å². The molecule has 2 aliphatic rings. The Morgan fingerprint density at radius 3 is 2.50 bits per heavy atom. The van der Waals surface area contributed by atoms with Crippen LogP contribution in [-0.4, -0.2) is 30.1 Å². The Balaban J connectivity index is 1.73. The van der Waals surface area contributed by atoms with Gasteiger partial charge in [-0.05, 0) is 42.8 Å². The second-order valence-electron chi connectivity index (χ2n) is 9.20. The lowest BCUT2D eigenvalue weighted by Gasteiger charge is -2.25. The number of aromatic nitrogens is 1. The zero-order chi connectivity index (χ0) is 28.1. The van der Waals surface area contributed by atoms with Gasteiger partial charge in [0.25, 0.3) is 11.5 Å². The number of hydrogen-bond donors (Lipinski definition) is 0. The Bertz CT molecular complexity index is 1910. The minimum Gasteiger partial charge on any atom is -0.463 e. The standard InChI is InChI=1S/C30H21BrFN3O4S/c1-3-39-29(38)23-24(16-7-5-4-6-8-16)33-30-35(25(23)17-9-12-19(32)13-10-17)28(37)26(40-30)22-20-15-18(31)11-14-21(20)34(2)27(22)36/h4-15,25H,3H2,1-2H3/b26-22-/t25-/m1/s1. The van der Waals surface area contributed by atoms with Gasteiger partial charge in [-0.15, -0.1) is 0 Å². The van der Waals surface area contributed by atoms with Gasteiger partial charge in [-0.1, -0.05) is 69.7 Å². The number of ether oxygens (including phenoxy) is 1. The van der Waals surface area contributed by atoms with Crippen molar-refractivity contribution in [1.29, 1.82) is 0 Å². The fourth-order valence-electron chi connectivity index (χ4n) is 5.06. The molecular weight excluding hydrogens is 597 g/mol. The van der Waals surface area contributed by atoms with Crippen LogP contribution in [0.2, 0.25) is 0 Å². The van der Waals surface area contributed by atoms with E-state index in [1.54, 1.807) is 20.0 Å². The Morgan fingerprint density at radius 1 is 1.07 bits per heavy atom. The summed E-state index contributed by atoms with van der Waals surface area (Å²) in [6.45, 7) is 1.81. The number of anilines is 1. The first-order chi connectivity index (χ1) is 19.3. The van der Waals surface area contributed by atoms with Crippen LogP contribution in [0.1, 0.15) is 29.7 Å². The van der Waals surface area contributed by atoms with Crippen molar-refractivity contribution in [1.82, 2.24) is 4.57 Å². The SMILES string of the molecule is CCOC(=O)C1=C(c2ccccc2)N=c2s/c(=C3\C(=O)N(C)c4ccc(Br)cc43)c(=O)n2[C@@H]1c1ccc(F)cc1. The van der Waals surface area contributed by atoms with Crippen molar-refractivity contribution in [3.8, 4) is 0 Å². The molecule has 200 valence electrons. The molecule has 0 spiro atoms. The number of halogens is 2. The summed E-state index contributed by atoms with van der Waals surface area (Å²) in [6.07, 6.45) is 0. The van der Waals surface area contributed by atoms with Crippen LogP contribution in [0.5, 0.6) is 0 Å². The molecular formula is C30H21BrFN3O4S. The normalized spacial score (nSPS) is 17.4. The lowest BCUT2D eigenvalue weighted by atomic mass is 9.93. The van der Waals surface area contributed by atoms with E-state index in [-0.39, 0.29) is 28.2 Å². The molecule has 0 unspecified atom stereocenters. The highest BCUT2D eigenvalue weighted by Gasteiger charge is 2.37. The lowest BCUT2D eigenvalue weighted by molar-refractivity contribution is -0.138. The molecule has 0 fully saturated rings. The first kappa shape index (κ1) is 26.1. The van der Waals surface area contributed by atoms with E-state index in [2.05, 4.69) is 15.9 Å². The van der Waals surface area contributed by atoms with E-state index < -0.39 is 23.4 Å². The predicted molar refractivity (Wildman–Crippen MR) is 154 cm³/mol. The number of rotatable bonds is 4. The summed E-state index contributed by atoms with van der Waals surface area (Å²) >= 11 is 4.55. The van der Waals surface area contributed by atoms with E-state index >= 15 is 0 Å². The molecule has 0 saturated carbocycles.